The van der Waals surface area contributed by atoms with Crippen molar-refractivity contribution in [2.75, 3.05) is 12.9 Å². The molecule has 21 heavy (non-hydrogen) atoms. The molecule has 1 aromatic carbocycles. The van der Waals surface area contributed by atoms with Gasteiger partial charge in [-0.25, -0.2) is 0 Å². The summed E-state index contributed by atoms with van der Waals surface area (Å²) in [4.78, 5) is 0. The minimum absolute atomic E-state index is 0.952. The second kappa shape index (κ2) is 13.1. The molecule has 0 amide bonds. The minimum atomic E-state index is 0.952. The fourth-order valence-corrected chi connectivity index (χ4v) is 2.87. The summed E-state index contributed by atoms with van der Waals surface area (Å²) in [5, 5.41) is 0. The van der Waals surface area contributed by atoms with Gasteiger partial charge in [0.2, 0.25) is 0 Å². The van der Waals surface area contributed by atoms with Gasteiger partial charge in [-0.05, 0) is 42.7 Å². The average Bonchev–Trinajstić information content (AvgIpc) is 2.53. The average molecular weight is 309 g/mol. The summed E-state index contributed by atoms with van der Waals surface area (Å²) in [6.07, 6.45) is 15.0. The van der Waals surface area contributed by atoms with Gasteiger partial charge in [-0.3, -0.25) is 0 Å². The van der Waals surface area contributed by atoms with Gasteiger partial charge >= 0.3 is 0 Å². The molecule has 0 heterocycles. The highest BCUT2D eigenvalue weighted by molar-refractivity contribution is 7.80. The molecule has 0 aromatic heterocycles. The normalized spacial score (nSPS) is 10.8. The molecule has 0 atom stereocenters. The lowest BCUT2D eigenvalue weighted by Gasteiger charge is -2.04. The number of hydrogen-bond donors (Lipinski definition) is 1. The number of benzene rings is 1. The molecule has 0 N–H and O–H groups in total. The van der Waals surface area contributed by atoms with E-state index in [1.54, 1.807) is 7.11 Å². The van der Waals surface area contributed by atoms with Crippen LogP contribution in [0.2, 0.25) is 0 Å². The molecule has 0 unspecified atom stereocenters. The lowest BCUT2D eigenvalue weighted by Crippen LogP contribution is -1.88. The number of aryl methyl sites for hydroxylation is 1. The van der Waals surface area contributed by atoms with Crippen molar-refractivity contribution in [1.82, 2.24) is 0 Å². The van der Waals surface area contributed by atoms with Crippen molar-refractivity contribution in [2.45, 2.75) is 70.6 Å². The molecule has 0 aliphatic carbocycles. The van der Waals surface area contributed by atoms with E-state index in [0.29, 0.717) is 0 Å². The zero-order chi connectivity index (χ0) is 15.2. The molecule has 120 valence electrons. The van der Waals surface area contributed by atoms with Crippen LogP contribution in [0.4, 0.5) is 0 Å². The number of methoxy groups -OCH3 is 1. The Labute approximate surface area is 136 Å². The van der Waals surface area contributed by atoms with Crippen LogP contribution in [0.15, 0.2) is 24.3 Å². The second-order valence-electron chi connectivity index (χ2n) is 5.86. The van der Waals surface area contributed by atoms with Gasteiger partial charge in [0.1, 0.15) is 5.75 Å². The highest BCUT2D eigenvalue weighted by Gasteiger charge is 1.96. The summed E-state index contributed by atoms with van der Waals surface area (Å²) in [7, 11) is 1.72. The van der Waals surface area contributed by atoms with Gasteiger partial charge in [-0.1, -0.05) is 63.5 Å². The Balaban J connectivity index is 1.88. The van der Waals surface area contributed by atoms with Crippen LogP contribution in [-0.2, 0) is 6.42 Å². The van der Waals surface area contributed by atoms with E-state index in [0.717, 1.165) is 11.5 Å². The fourth-order valence-electron chi connectivity index (χ4n) is 2.65. The molecule has 0 spiro atoms. The first-order valence-corrected chi connectivity index (χ1v) is 9.24. The molecule has 1 nitrogen and oxygen atoms in total. The highest BCUT2D eigenvalue weighted by Crippen LogP contribution is 2.15. The first-order chi connectivity index (χ1) is 10.4. The molecule has 0 aliphatic heterocycles. The van der Waals surface area contributed by atoms with Crippen LogP contribution >= 0.6 is 12.6 Å². The maximum absolute atomic E-state index is 5.18. The van der Waals surface area contributed by atoms with Crippen molar-refractivity contribution in [3.05, 3.63) is 29.8 Å². The maximum atomic E-state index is 5.18. The lowest BCUT2D eigenvalue weighted by molar-refractivity contribution is 0.414. The van der Waals surface area contributed by atoms with Crippen LogP contribution in [0.3, 0.4) is 0 Å². The summed E-state index contributed by atoms with van der Waals surface area (Å²) < 4.78 is 5.18. The third kappa shape index (κ3) is 9.84. The van der Waals surface area contributed by atoms with Crippen LogP contribution < -0.4 is 4.74 Å². The molecule has 0 bridgehead atoms. The Morgan fingerprint density at radius 3 is 1.67 bits per heavy atom. The molecule has 0 radical (unpaired) electrons. The number of hydrogen-bond acceptors (Lipinski definition) is 2. The van der Waals surface area contributed by atoms with Crippen molar-refractivity contribution in [1.29, 1.82) is 0 Å². The van der Waals surface area contributed by atoms with E-state index in [1.165, 1.54) is 76.2 Å². The molecular weight excluding hydrogens is 276 g/mol. The Morgan fingerprint density at radius 2 is 1.19 bits per heavy atom. The zero-order valence-corrected chi connectivity index (χ0v) is 14.5. The van der Waals surface area contributed by atoms with Crippen molar-refractivity contribution < 1.29 is 4.74 Å². The van der Waals surface area contributed by atoms with Crippen LogP contribution in [0.5, 0.6) is 5.75 Å². The topological polar surface area (TPSA) is 9.23 Å². The van der Waals surface area contributed by atoms with Gasteiger partial charge in [-0.2, -0.15) is 12.6 Å². The number of unbranched alkanes of at least 4 members (excludes halogenated alkanes) is 9. The zero-order valence-electron chi connectivity index (χ0n) is 13.7. The van der Waals surface area contributed by atoms with E-state index in [4.69, 9.17) is 4.74 Å². The molecule has 0 fully saturated rings. The van der Waals surface area contributed by atoms with Gasteiger partial charge in [0.25, 0.3) is 0 Å². The van der Waals surface area contributed by atoms with Crippen LogP contribution in [0.25, 0.3) is 0 Å². The molecule has 0 aliphatic rings. The van der Waals surface area contributed by atoms with E-state index in [1.807, 2.05) is 0 Å². The molecule has 1 aromatic rings. The number of ether oxygens (including phenoxy) is 1. The van der Waals surface area contributed by atoms with Crippen LogP contribution in [-0.4, -0.2) is 12.9 Å². The Kier molecular flexibility index (Phi) is 11.5. The molecule has 0 saturated heterocycles. The van der Waals surface area contributed by atoms with E-state index in [-0.39, 0.29) is 0 Å². The standard InChI is InChI=1S/C19H32OS/c1-20-19-15-13-18(14-16-19)12-10-8-6-4-2-3-5-7-9-11-17-21/h13-16,21H,2-12,17H2,1H3. The number of rotatable bonds is 13. The van der Waals surface area contributed by atoms with E-state index in [2.05, 4.69) is 36.9 Å². The van der Waals surface area contributed by atoms with Gasteiger partial charge in [0.05, 0.1) is 7.11 Å². The summed E-state index contributed by atoms with van der Waals surface area (Å²) in [6, 6.07) is 8.49. The molecule has 1 rings (SSSR count). The quantitative estimate of drug-likeness (QED) is 0.344. The van der Waals surface area contributed by atoms with Gasteiger partial charge in [0, 0.05) is 0 Å². The monoisotopic (exact) mass is 308 g/mol. The van der Waals surface area contributed by atoms with Crippen LogP contribution in [0, 0.1) is 0 Å². The molecular formula is C19H32OS. The van der Waals surface area contributed by atoms with E-state index in [9.17, 15) is 0 Å². The van der Waals surface area contributed by atoms with Crippen molar-refractivity contribution in [3.63, 3.8) is 0 Å². The summed E-state index contributed by atoms with van der Waals surface area (Å²) in [5.74, 6) is 2.00. The third-order valence-corrected chi connectivity index (χ3v) is 4.35. The SMILES string of the molecule is COc1ccc(CCCCCCCCCCCCS)cc1. The predicted octanol–water partition coefficient (Wildman–Crippen LogP) is 6.07. The smallest absolute Gasteiger partial charge is 0.118 e. The number of thiol groups is 1. The summed E-state index contributed by atoms with van der Waals surface area (Å²) >= 11 is 4.24. The minimum Gasteiger partial charge on any atom is -0.497 e. The third-order valence-electron chi connectivity index (χ3n) is 4.03. The Hall–Kier alpha value is -0.630. The highest BCUT2D eigenvalue weighted by atomic mass is 32.1. The van der Waals surface area contributed by atoms with Gasteiger partial charge < -0.3 is 4.74 Å². The first-order valence-electron chi connectivity index (χ1n) is 8.60. The van der Waals surface area contributed by atoms with Crippen LogP contribution in [0.1, 0.15) is 69.8 Å². The molecule has 2 heteroatoms. The Morgan fingerprint density at radius 1 is 0.714 bits per heavy atom. The van der Waals surface area contributed by atoms with E-state index < -0.39 is 0 Å². The summed E-state index contributed by atoms with van der Waals surface area (Å²) in [5.41, 5.74) is 1.43. The van der Waals surface area contributed by atoms with Crippen molar-refractivity contribution in [3.8, 4) is 5.75 Å². The van der Waals surface area contributed by atoms with E-state index >= 15 is 0 Å². The van der Waals surface area contributed by atoms with Gasteiger partial charge in [-0.15, -0.1) is 0 Å². The predicted molar refractivity (Wildman–Crippen MR) is 96.7 cm³/mol. The molecule has 0 saturated carbocycles. The van der Waals surface area contributed by atoms with Crippen molar-refractivity contribution >= 4 is 12.6 Å². The fraction of sp³-hybridized carbons (Fsp3) is 0.684. The largest absolute Gasteiger partial charge is 0.497 e. The first kappa shape index (κ1) is 18.4. The van der Waals surface area contributed by atoms with Gasteiger partial charge in [0.15, 0.2) is 0 Å². The maximum Gasteiger partial charge on any atom is 0.118 e. The second-order valence-corrected chi connectivity index (χ2v) is 6.30. The lowest BCUT2D eigenvalue weighted by atomic mass is 10.0. The summed E-state index contributed by atoms with van der Waals surface area (Å²) in [6.45, 7) is 0. The van der Waals surface area contributed by atoms with Crippen molar-refractivity contribution in [2.24, 2.45) is 0 Å². The Bertz CT molecular complexity index is 334.